The van der Waals surface area contributed by atoms with E-state index in [1.807, 2.05) is 6.07 Å². The number of alkyl halides is 3. The van der Waals surface area contributed by atoms with Crippen LogP contribution in [0.1, 0.15) is 47.7 Å². The second-order valence-corrected chi connectivity index (χ2v) is 12.0. The van der Waals surface area contributed by atoms with E-state index in [1.165, 1.54) is 18.2 Å². The van der Waals surface area contributed by atoms with E-state index < -0.39 is 17.6 Å². The van der Waals surface area contributed by atoms with E-state index >= 15 is 0 Å². The minimum atomic E-state index is -4.64. The number of ether oxygens (including phenoxy) is 1. The van der Waals surface area contributed by atoms with E-state index in [0.29, 0.717) is 72.6 Å². The van der Waals surface area contributed by atoms with Crippen LogP contribution in [0.25, 0.3) is 22.4 Å². The van der Waals surface area contributed by atoms with Crippen LogP contribution in [0.2, 0.25) is 0 Å². The lowest BCUT2D eigenvalue weighted by Gasteiger charge is -2.35. The van der Waals surface area contributed by atoms with E-state index in [1.54, 1.807) is 67.3 Å². The van der Waals surface area contributed by atoms with Crippen molar-refractivity contribution in [2.75, 3.05) is 29.9 Å². The summed E-state index contributed by atoms with van der Waals surface area (Å²) in [5, 5.41) is 10.3. The minimum Gasteiger partial charge on any atom is -0.438 e. The summed E-state index contributed by atoms with van der Waals surface area (Å²) in [5.74, 6) is 0.484. The molecule has 0 saturated carbocycles. The number of piperidine rings is 1. The lowest BCUT2D eigenvalue weighted by Crippen LogP contribution is -2.39. The third-order valence-corrected chi connectivity index (χ3v) is 8.56. The van der Waals surface area contributed by atoms with Crippen molar-refractivity contribution in [3.05, 3.63) is 83.8 Å². The molecule has 1 aliphatic heterocycles. The number of fused-ring (bicyclic) bond motifs is 1. The van der Waals surface area contributed by atoms with Gasteiger partial charge in [0.25, 0.3) is 5.91 Å². The largest absolute Gasteiger partial charge is 0.438 e. The summed E-state index contributed by atoms with van der Waals surface area (Å²) < 4.78 is 50.7. The zero-order chi connectivity index (χ0) is 34.7. The molecular weight excluding hydrogens is 637 g/mol. The first-order chi connectivity index (χ1) is 23.5. The molecule has 14 heteroatoms. The zero-order valence-electron chi connectivity index (χ0n) is 27.2. The maximum atomic E-state index is 14.3. The average Bonchev–Trinajstić information content (AvgIpc) is 3.48. The first-order valence-corrected chi connectivity index (χ1v) is 15.9. The molecule has 4 heterocycles. The van der Waals surface area contributed by atoms with Crippen molar-refractivity contribution in [3.8, 4) is 23.0 Å². The number of carbonyl (C=O) groups excluding carboxylic acids is 2. The van der Waals surface area contributed by atoms with Crippen LogP contribution in [0.4, 0.5) is 24.5 Å². The van der Waals surface area contributed by atoms with Gasteiger partial charge >= 0.3 is 6.18 Å². The van der Waals surface area contributed by atoms with Gasteiger partial charge in [0.05, 0.1) is 11.8 Å². The molecule has 1 saturated heterocycles. The summed E-state index contributed by atoms with van der Waals surface area (Å²) in [6.07, 6.45) is 1.92. The highest BCUT2D eigenvalue weighted by Gasteiger charge is 2.36. The van der Waals surface area contributed by atoms with Gasteiger partial charge in [-0.1, -0.05) is 13.0 Å². The summed E-state index contributed by atoms with van der Waals surface area (Å²) in [6, 6.07) is 12.2. The number of nitrogens with zero attached hydrogens (tertiary/aromatic N) is 6. The highest BCUT2D eigenvalue weighted by Crippen LogP contribution is 2.40. The van der Waals surface area contributed by atoms with Crippen LogP contribution >= 0.6 is 0 Å². The van der Waals surface area contributed by atoms with Crippen molar-refractivity contribution in [2.24, 2.45) is 13.0 Å². The first-order valence-electron chi connectivity index (χ1n) is 15.9. The summed E-state index contributed by atoms with van der Waals surface area (Å²) in [6.45, 7) is 4.95. The van der Waals surface area contributed by atoms with Crippen molar-refractivity contribution in [1.82, 2.24) is 30.0 Å². The Morgan fingerprint density at radius 1 is 1.04 bits per heavy atom. The van der Waals surface area contributed by atoms with Gasteiger partial charge in [0.15, 0.2) is 11.5 Å². The number of anilines is 2. The Hall–Kier alpha value is -5.53. The SMILES string of the molecule is CCC(=O)NCC1CCN(c2ccc(NC(=O)c3ccc(C)c(Oc4nc(-c5cccnc5)nc5c4cnn5C)c3)cc2C(F)(F)F)CC1. The molecule has 2 aromatic carbocycles. The van der Waals surface area contributed by atoms with Crippen molar-refractivity contribution >= 4 is 34.2 Å². The molecular formula is C35H35F3N8O3. The first kappa shape index (κ1) is 33.4. The Kier molecular flexibility index (Phi) is 9.47. The van der Waals surface area contributed by atoms with Crippen molar-refractivity contribution in [1.29, 1.82) is 0 Å². The number of hydrogen-bond donors (Lipinski definition) is 2. The van der Waals surface area contributed by atoms with Gasteiger partial charge in [0.2, 0.25) is 11.8 Å². The van der Waals surface area contributed by atoms with Crippen LogP contribution in [0, 0.1) is 12.8 Å². The summed E-state index contributed by atoms with van der Waals surface area (Å²) >= 11 is 0. The summed E-state index contributed by atoms with van der Waals surface area (Å²) in [7, 11) is 1.75. The van der Waals surface area contributed by atoms with E-state index in [4.69, 9.17) is 4.74 Å². The molecule has 0 atom stereocenters. The number of aryl methyl sites for hydroxylation is 2. The fourth-order valence-electron chi connectivity index (χ4n) is 5.73. The Morgan fingerprint density at radius 2 is 1.84 bits per heavy atom. The van der Waals surface area contributed by atoms with Gasteiger partial charge in [0.1, 0.15) is 11.1 Å². The van der Waals surface area contributed by atoms with Crippen molar-refractivity contribution < 1.29 is 27.5 Å². The zero-order valence-corrected chi connectivity index (χ0v) is 27.2. The molecule has 2 amide bonds. The van der Waals surface area contributed by atoms with Crippen LogP contribution in [0.3, 0.4) is 0 Å². The molecule has 254 valence electrons. The number of benzene rings is 2. The van der Waals surface area contributed by atoms with E-state index in [2.05, 4.69) is 30.7 Å². The number of rotatable bonds is 9. The van der Waals surface area contributed by atoms with Crippen LogP contribution in [0.5, 0.6) is 11.6 Å². The number of halogens is 3. The highest BCUT2D eigenvalue weighted by molar-refractivity contribution is 6.04. The number of hydrogen-bond acceptors (Lipinski definition) is 8. The van der Waals surface area contributed by atoms with Crippen LogP contribution in [0.15, 0.2) is 67.1 Å². The van der Waals surface area contributed by atoms with Gasteiger partial charge in [-0.15, -0.1) is 0 Å². The third kappa shape index (κ3) is 7.47. The number of amides is 2. The van der Waals surface area contributed by atoms with E-state index in [-0.39, 0.29) is 34.6 Å². The molecule has 49 heavy (non-hydrogen) atoms. The van der Waals surface area contributed by atoms with Crippen LogP contribution in [-0.2, 0) is 18.0 Å². The Labute approximate surface area is 280 Å². The second kappa shape index (κ2) is 13.9. The quantitative estimate of drug-likeness (QED) is 0.181. The molecule has 0 spiro atoms. The molecule has 0 radical (unpaired) electrons. The molecule has 11 nitrogen and oxygen atoms in total. The van der Waals surface area contributed by atoms with Crippen molar-refractivity contribution in [2.45, 2.75) is 39.3 Å². The molecule has 6 rings (SSSR count). The fraction of sp³-hybridized carbons (Fsp3) is 0.314. The highest BCUT2D eigenvalue weighted by atomic mass is 19.4. The predicted octanol–water partition coefficient (Wildman–Crippen LogP) is 6.54. The summed E-state index contributed by atoms with van der Waals surface area (Å²) in [4.78, 5) is 40.1. The lowest BCUT2D eigenvalue weighted by molar-refractivity contribution is -0.137. The Bertz CT molecular complexity index is 1990. The monoisotopic (exact) mass is 672 g/mol. The Morgan fingerprint density at radius 3 is 2.55 bits per heavy atom. The summed E-state index contributed by atoms with van der Waals surface area (Å²) in [5.41, 5.74) is 1.33. The molecule has 2 N–H and O–H groups in total. The van der Waals surface area contributed by atoms with E-state index in [0.717, 1.165) is 6.07 Å². The molecule has 0 aliphatic carbocycles. The van der Waals surface area contributed by atoms with Gasteiger partial charge in [-0.3, -0.25) is 19.3 Å². The van der Waals surface area contributed by atoms with Crippen LogP contribution < -0.4 is 20.3 Å². The smallest absolute Gasteiger partial charge is 0.418 e. The topological polar surface area (TPSA) is 127 Å². The molecule has 5 aromatic rings. The maximum Gasteiger partial charge on any atom is 0.418 e. The third-order valence-electron chi connectivity index (χ3n) is 8.56. The molecule has 0 bridgehead atoms. The number of carbonyl (C=O) groups is 2. The molecule has 1 aliphatic rings. The van der Waals surface area contributed by atoms with Gasteiger partial charge in [-0.25, -0.2) is 4.98 Å². The van der Waals surface area contributed by atoms with Crippen molar-refractivity contribution in [3.63, 3.8) is 0 Å². The van der Waals surface area contributed by atoms with Gasteiger partial charge < -0.3 is 20.3 Å². The number of aromatic nitrogens is 5. The Balaban J connectivity index is 1.21. The predicted molar refractivity (Wildman–Crippen MR) is 178 cm³/mol. The molecule has 1 fully saturated rings. The fourth-order valence-corrected chi connectivity index (χ4v) is 5.73. The minimum absolute atomic E-state index is 0.00950. The molecule has 3 aromatic heterocycles. The number of pyridine rings is 1. The molecule has 0 unspecified atom stereocenters. The normalized spacial score (nSPS) is 13.8. The van der Waals surface area contributed by atoms with Gasteiger partial charge in [-0.05, 0) is 73.7 Å². The van der Waals surface area contributed by atoms with E-state index in [9.17, 15) is 22.8 Å². The van der Waals surface area contributed by atoms with Gasteiger partial charge in [0, 0.05) is 68.0 Å². The standard InChI is InChI=1S/C35H35F3N8O3/c1-4-30(47)40-18-22-11-14-46(15-12-22)28-10-9-25(17-27(28)35(36,37)38)42-33(48)23-8-7-21(2)29(16-23)49-34-26-20-41-45(3)32(26)43-31(44-34)24-6-5-13-39-19-24/h5-10,13,16-17,19-20,22H,4,11-12,14-15,18H2,1-3H3,(H,40,47)(H,42,48). The van der Waals surface area contributed by atoms with Crippen LogP contribution in [-0.4, -0.2) is 56.2 Å². The van der Waals surface area contributed by atoms with Gasteiger partial charge in [-0.2, -0.15) is 23.3 Å². The number of nitrogens with one attached hydrogen (secondary N) is 2. The maximum absolute atomic E-state index is 14.3. The second-order valence-electron chi connectivity index (χ2n) is 12.0. The average molecular weight is 673 g/mol. The lowest BCUT2D eigenvalue weighted by atomic mass is 9.95.